The molecule has 1 amide bonds. The van der Waals surface area contributed by atoms with Crippen LogP contribution in [-0.4, -0.2) is 24.0 Å². The first kappa shape index (κ1) is 10.9. The number of hydrogen-bond donors (Lipinski definition) is 2. The summed E-state index contributed by atoms with van der Waals surface area (Å²) in [7, 11) is 0. The van der Waals surface area contributed by atoms with Crippen molar-refractivity contribution in [2.75, 3.05) is 0 Å². The van der Waals surface area contributed by atoms with Gasteiger partial charge in [-0.05, 0) is 39.0 Å². The third-order valence-corrected chi connectivity index (χ3v) is 3.24. The van der Waals surface area contributed by atoms with Gasteiger partial charge in [0.2, 0.25) is 5.91 Å². The summed E-state index contributed by atoms with van der Waals surface area (Å²) in [6.07, 6.45) is 6.32. The van der Waals surface area contributed by atoms with Gasteiger partial charge in [-0.2, -0.15) is 0 Å². The Morgan fingerprint density at radius 2 is 1.93 bits per heavy atom. The fourth-order valence-electron chi connectivity index (χ4n) is 1.98. The third kappa shape index (κ3) is 3.82. The molecule has 15 heavy (non-hydrogen) atoms. The van der Waals surface area contributed by atoms with E-state index in [9.17, 15) is 4.79 Å². The zero-order valence-electron chi connectivity index (χ0n) is 9.75. The number of rotatable bonds is 6. The summed E-state index contributed by atoms with van der Waals surface area (Å²) in [5.41, 5.74) is 0. The van der Waals surface area contributed by atoms with Crippen LogP contribution < -0.4 is 10.6 Å². The van der Waals surface area contributed by atoms with E-state index in [0.29, 0.717) is 12.1 Å². The number of hydrogen-bond acceptors (Lipinski definition) is 2. The number of nitrogens with one attached hydrogen (secondary N) is 2. The van der Waals surface area contributed by atoms with Gasteiger partial charge < -0.3 is 10.6 Å². The lowest BCUT2D eigenvalue weighted by atomic mass is 10.1. The quantitative estimate of drug-likeness (QED) is 0.696. The molecule has 0 aliphatic heterocycles. The van der Waals surface area contributed by atoms with Gasteiger partial charge in [-0.15, -0.1) is 0 Å². The lowest BCUT2D eigenvalue weighted by molar-refractivity contribution is -0.123. The molecule has 2 aliphatic carbocycles. The van der Waals surface area contributed by atoms with Crippen LogP contribution >= 0.6 is 0 Å². The molecule has 2 saturated carbocycles. The molecular weight excluding hydrogens is 188 g/mol. The van der Waals surface area contributed by atoms with Crippen molar-refractivity contribution in [3.05, 3.63) is 0 Å². The van der Waals surface area contributed by atoms with E-state index in [1.807, 2.05) is 6.92 Å². The van der Waals surface area contributed by atoms with Crippen LogP contribution in [0, 0.1) is 5.92 Å². The molecule has 0 aromatic carbocycles. The van der Waals surface area contributed by atoms with E-state index in [4.69, 9.17) is 0 Å². The summed E-state index contributed by atoms with van der Waals surface area (Å²) >= 11 is 0. The minimum Gasteiger partial charge on any atom is -0.352 e. The van der Waals surface area contributed by atoms with Crippen molar-refractivity contribution in [3.63, 3.8) is 0 Å². The van der Waals surface area contributed by atoms with E-state index in [2.05, 4.69) is 17.6 Å². The summed E-state index contributed by atoms with van der Waals surface area (Å²) in [5, 5.41) is 6.40. The highest BCUT2D eigenvalue weighted by molar-refractivity contribution is 5.81. The molecule has 0 heterocycles. The molecule has 0 aromatic heterocycles. The van der Waals surface area contributed by atoms with Crippen molar-refractivity contribution in [1.29, 1.82) is 0 Å². The van der Waals surface area contributed by atoms with Crippen LogP contribution in [0.2, 0.25) is 0 Å². The number of carbonyl (C=O) groups is 1. The van der Waals surface area contributed by atoms with Crippen molar-refractivity contribution in [1.82, 2.24) is 10.6 Å². The molecule has 0 spiro atoms. The normalized spacial score (nSPS) is 24.7. The standard InChI is InChI=1S/C12H22N2O/c1-8(7-10-3-4-10)13-9(2)12(15)14-11-5-6-11/h8-11,13H,3-7H2,1-2H3,(H,14,15). The second-order valence-electron chi connectivity index (χ2n) is 5.25. The van der Waals surface area contributed by atoms with E-state index in [0.717, 1.165) is 18.8 Å². The highest BCUT2D eigenvalue weighted by Gasteiger charge is 2.27. The Kier molecular flexibility index (Phi) is 3.29. The second-order valence-corrected chi connectivity index (χ2v) is 5.25. The molecule has 0 aromatic rings. The van der Waals surface area contributed by atoms with E-state index in [-0.39, 0.29) is 11.9 Å². The Morgan fingerprint density at radius 3 is 2.47 bits per heavy atom. The third-order valence-electron chi connectivity index (χ3n) is 3.24. The second kappa shape index (κ2) is 4.52. The Balaban J connectivity index is 1.64. The van der Waals surface area contributed by atoms with Gasteiger partial charge in [0.05, 0.1) is 6.04 Å². The molecule has 0 bridgehead atoms. The zero-order valence-corrected chi connectivity index (χ0v) is 9.75. The smallest absolute Gasteiger partial charge is 0.237 e. The van der Waals surface area contributed by atoms with Gasteiger partial charge >= 0.3 is 0 Å². The first-order valence-corrected chi connectivity index (χ1v) is 6.21. The zero-order chi connectivity index (χ0) is 10.8. The van der Waals surface area contributed by atoms with E-state index < -0.39 is 0 Å². The molecule has 2 atom stereocenters. The first-order valence-electron chi connectivity index (χ1n) is 6.21. The minimum atomic E-state index is -0.0423. The van der Waals surface area contributed by atoms with E-state index >= 15 is 0 Å². The molecule has 3 heteroatoms. The maximum atomic E-state index is 11.7. The topological polar surface area (TPSA) is 41.1 Å². The minimum absolute atomic E-state index is 0.0423. The van der Waals surface area contributed by atoms with Gasteiger partial charge in [-0.3, -0.25) is 4.79 Å². The van der Waals surface area contributed by atoms with Crippen LogP contribution in [0.3, 0.4) is 0 Å². The van der Waals surface area contributed by atoms with Crippen LogP contribution in [0.5, 0.6) is 0 Å². The van der Waals surface area contributed by atoms with Crippen LogP contribution in [0.25, 0.3) is 0 Å². The van der Waals surface area contributed by atoms with Crippen LogP contribution in [0.4, 0.5) is 0 Å². The number of amides is 1. The van der Waals surface area contributed by atoms with Crippen molar-refractivity contribution >= 4 is 5.91 Å². The summed E-state index contributed by atoms with van der Waals surface area (Å²) in [6.45, 7) is 4.14. The fourth-order valence-corrected chi connectivity index (χ4v) is 1.98. The molecule has 2 rings (SSSR count). The Morgan fingerprint density at radius 1 is 1.27 bits per heavy atom. The summed E-state index contributed by atoms with van der Waals surface area (Å²) in [5.74, 6) is 1.09. The molecule has 2 fully saturated rings. The summed E-state index contributed by atoms with van der Waals surface area (Å²) < 4.78 is 0. The van der Waals surface area contributed by atoms with Crippen molar-refractivity contribution in [2.24, 2.45) is 5.92 Å². The molecule has 86 valence electrons. The van der Waals surface area contributed by atoms with Gasteiger partial charge in [0.1, 0.15) is 0 Å². The van der Waals surface area contributed by atoms with Crippen molar-refractivity contribution < 1.29 is 4.79 Å². The lowest BCUT2D eigenvalue weighted by Crippen LogP contribution is -2.46. The van der Waals surface area contributed by atoms with Gasteiger partial charge in [0, 0.05) is 12.1 Å². The highest BCUT2D eigenvalue weighted by Crippen LogP contribution is 2.33. The van der Waals surface area contributed by atoms with E-state index in [1.165, 1.54) is 19.3 Å². The summed E-state index contributed by atoms with van der Waals surface area (Å²) in [6, 6.07) is 0.900. The number of carbonyl (C=O) groups excluding carboxylic acids is 1. The van der Waals surface area contributed by atoms with Gasteiger partial charge in [0.25, 0.3) is 0 Å². The van der Waals surface area contributed by atoms with Crippen LogP contribution in [-0.2, 0) is 4.79 Å². The fraction of sp³-hybridized carbons (Fsp3) is 0.917. The average Bonchev–Trinajstić information content (AvgIpc) is 2.98. The Hall–Kier alpha value is -0.570. The van der Waals surface area contributed by atoms with Crippen molar-refractivity contribution in [2.45, 2.75) is 64.1 Å². The Labute approximate surface area is 92.0 Å². The largest absolute Gasteiger partial charge is 0.352 e. The molecular formula is C12H22N2O. The average molecular weight is 210 g/mol. The van der Waals surface area contributed by atoms with Crippen LogP contribution in [0.15, 0.2) is 0 Å². The Bertz CT molecular complexity index is 234. The van der Waals surface area contributed by atoms with Gasteiger partial charge in [-0.1, -0.05) is 12.8 Å². The molecule has 0 saturated heterocycles. The van der Waals surface area contributed by atoms with Gasteiger partial charge in [-0.25, -0.2) is 0 Å². The predicted octanol–water partition coefficient (Wildman–Crippen LogP) is 1.43. The molecule has 2 aliphatic rings. The molecule has 3 nitrogen and oxygen atoms in total. The highest BCUT2D eigenvalue weighted by atomic mass is 16.2. The summed E-state index contributed by atoms with van der Waals surface area (Å²) in [4.78, 5) is 11.7. The van der Waals surface area contributed by atoms with Gasteiger partial charge in [0.15, 0.2) is 0 Å². The first-order chi connectivity index (χ1) is 7.15. The maximum Gasteiger partial charge on any atom is 0.237 e. The van der Waals surface area contributed by atoms with E-state index in [1.54, 1.807) is 0 Å². The predicted molar refractivity (Wildman–Crippen MR) is 60.6 cm³/mol. The molecule has 2 N–H and O–H groups in total. The van der Waals surface area contributed by atoms with Crippen LogP contribution in [0.1, 0.15) is 46.0 Å². The molecule has 2 unspecified atom stereocenters. The maximum absolute atomic E-state index is 11.7. The van der Waals surface area contributed by atoms with Crippen molar-refractivity contribution in [3.8, 4) is 0 Å². The monoisotopic (exact) mass is 210 g/mol. The lowest BCUT2D eigenvalue weighted by Gasteiger charge is -2.19. The molecule has 0 radical (unpaired) electrons. The SMILES string of the molecule is CC(CC1CC1)NC(C)C(=O)NC1CC1.